The summed E-state index contributed by atoms with van der Waals surface area (Å²) in [5.41, 5.74) is 0.692. The fourth-order valence-corrected chi connectivity index (χ4v) is 2.27. The van der Waals surface area contributed by atoms with Gasteiger partial charge in [0.25, 0.3) is 5.91 Å². The third-order valence-electron chi connectivity index (χ3n) is 3.42. The van der Waals surface area contributed by atoms with E-state index in [0.717, 1.165) is 0 Å². The second-order valence-electron chi connectivity index (χ2n) is 6.73. The van der Waals surface area contributed by atoms with Gasteiger partial charge < -0.3 is 19.5 Å². The zero-order valence-corrected chi connectivity index (χ0v) is 16.1. The van der Waals surface area contributed by atoms with Crippen molar-refractivity contribution < 1.29 is 23.8 Å². The van der Waals surface area contributed by atoms with Crippen LogP contribution in [-0.2, 0) is 4.74 Å². The number of nitrogens with one attached hydrogen (secondary N) is 2. The van der Waals surface area contributed by atoms with Gasteiger partial charge in [-0.05, 0) is 51.1 Å². The van der Waals surface area contributed by atoms with Gasteiger partial charge in [0.15, 0.2) is 0 Å². The molecular weight excluding hydrogens is 348 g/mol. The molecule has 2 aromatic carbocycles. The highest BCUT2D eigenvalue weighted by molar-refractivity contribution is 6.06. The summed E-state index contributed by atoms with van der Waals surface area (Å²) in [5, 5.41) is 5.40. The van der Waals surface area contributed by atoms with Crippen LogP contribution in [0.3, 0.4) is 0 Å². The lowest BCUT2D eigenvalue weighted by atomic mass is 10.1. The first-order valence-corrected chi connectivity index (χ1v) is 8.35. The standard InChI is InChI=1S/C20H24N2O5/c1-20(2,3)27-19(24)21-14-8-6-7-13(11-14)18(23)22-16-12-15(25-4)9-10-17(16)26-5/h6-12H,1-5H3,(H,21,24)(H,22,23). The molecule has 7 nitrogen and oxygen atoms in total. The maximum absolute atomic E-state index is 12.6. The molecule has 0 aliphatic rings. The van der Waals surface area contributed by atoms with E-state index in [4.69, 9.17) is 14.2 Å². The third-order valence-corrected chi connectivity index (χ3v) is 3.42. The smallest absolute Gasteiger partial charge is 0.412 e. The largest absolute Gasteiger partial charge is 0.497 e. The van der Waals surface area contributed by atoms with Crippen LogP contribution in [-0.4, -0.2) is 31.8 Å². The van der Waals surface area contributed by atoms with Gasteiger partial charge in [-0.1, -0.05) is 6.07 Å². The molecule has 27 heavy (non-hydrogen) atoms. The SMILES string of the molecule is COc1ccc(OC)c(NC(=O)c2cccc(NC(=O)OC(C)(C)C)c2)c1. The second-order valence-corrected chi connectivity index (χ2v) is 6.73. The number of rotatable bonds is 5. The number of anilines is 2. The van der Waals surface area contributed by atoms with Gasteiger partial charge in [-0.2, -0.15) is 0 Å². The molecule has 0 aromatic heterocycles. The van der Waals surface area contributed by atoms with E-state index in [1.165, 1.54) is 7.11 Å². The molecule has 0 saturated heterocycles. The molecule has 0 spiro atoms. The van der Waals surface area contributed by atoms with Crippen LogP contribution in [0, 0.1) is 0 Å². The minimum Gasteiger partial charge on any atom is -0.497 e. The van der Waals surface area contributed by atoms with Crippen LogP contribution in [0.5, 0.6) is 11.5 Å². The van der Waals surface area contributed by atoms with Crippen LogP contribution in [0.1, 0.15) is 31.1 Å². The number of hydrogen-bond donors (Lipinski definition) is 2. The Balaban J connectivity index is 2.15. The topological polar surface area (TPSA) is 85.9 Å². The Morgan fingerprint density at radius 1 is 0.926 bits per heavy atom. The number of carbonyl (C=O) groups is 2. The summed E-state index contributed by atoms with van der Waals surface area (Å²) in [7, 11) is 3.06. The van der Waals surface area contributed by atoms with Crippen molar-refractivity contribution in [2.24, 2.45) is 0 Å². The second kappa shape index (κ2) is 8.44. The lowest BCUT2D eigenvalue weighted by Gasteiger charge is -2.19. The van der Waals surface area contributed by atoms with Crippen molar-refractivity contribution in [1.29, 1.82) is 0 Å². The number of hydrogen-bond acceptors (Lipinski definition) is 5. The maximum atomic E-state index is 12.6. The van der Waals surface area contributed by atoms with E-state index in [-0.39, 0.29) is 5.91 Å². The summed E-state index contributed by atoms with van der Waals surface area (Å²) in [6.45, 7) is 5.33. The molecule has 2 amide bonds. The fraction of sp³-hybridized carbons (Fsp3) is 0.300. The fourth-order valence-electron chi connectivity index (χ4n) is 2.27. The number of carbonyl (C=O) groups excluding carboxylic acids is 2. The first-order chi connectivity index (χ1) is 12.7. The summed E-state index contributed by atoms with van der Waals surface area (Å²) in [5.74, 6) is 0.744. The molecule has 7 heteroatoms. The average molecular weight is 372 g/mol. The maximum Gasteiger partial charge on any atom is 0.412 e. The van der Waals surface area contributed by atoms with Crippen molar-refractivity contribution in [1.82, 2.24) is 0 Å². The molecule has 2 aromatic rings. The van der Waals surface area contributed by atoms with E-state index in [0.29, 0.717) is 28.4 Å². The summed E-state index contributed by atoms with van der Waals surface area (Å²) in [6.07, 6.45) is -0.588. The van der Waals surface area contributed by atoms with Gasteiger partial charge in [0.05, 0.1) is 19.9 Å². The van der Waals surface area contributed by atoms with Crippen molar-refractivity contribution in [2.75, 3.05) is 24.9 Å². The van der Waals surface area contributed by atoms with Crippen LogP contribution in [0.2, 0.25) is 0 Å². The lowest BCUT2D eigenvalue weighted by Crippen LogP contribution is -2.27. The van der Waals surface area contributed by atoms with Crippen molar-refractivity contribution in [2.45, 2.75) is 26.4 Å². The zero-order valence-electron chi connectivity index (χ0n) is 16.1. The molecule has 144 valence electrons. The monoisotopic (exact) mass is 372 g/mol. The average Bonchev–Trinajstić information content (AvgIpc) is 2.60. The Labute approximate surface area is 158 Å². The van der Waals surface area contributed by atoms with Gasteiger partial charge in [-0.3, -0.25) is 10.1 Å². The Bertz CT molecular complexity index is 827. The van der Waals surface area contributed by atoms with E-state index in [9.17, 15) is 9.59 Å². The van der Waals surface area contributed by atoms with Crippen LogP contribution in [0.25, 0.3) is 0 Å². The molecule has 0 bridgehead atoms. The van der Waals surface area contributed by atoms with Crippen LogP contribution < -0.4 is 20.1 Å². The quantitative estimate of drug-likeness (QED) is 0.817. The summed E-state index contributed by atoms with van der Waals surface area (Å²) < 4.78 is 15.6. The van der Waals surface area contributed by atoms with E-state index in [1.54, 1.807) is 70.3 Å². The normalized spacial score (nSPS) is 10.7. The molecule has 0 heterocycles. The van der Waals surface area contributed by atoms with Crippen LogP contribution >= 0.6 is 0 Å². The minimum absolute atomic E-state index is 0.352. The summed E-state index contributed by atoms with van der Waals surface area (Å²) in [6, 6.07) is 11.7. The molecule has 0 saturated carbocycles. The van der Waals surface area contributed by atoms with E-state index >= 15 is 0 Å². The molecule has 0 atom stereocenters. The van der Waals surface area contributed by atoms with Crippen molar-refractivity contribution in [3.05, 3.63) is 48.0 Å². The van der Waals surface area contributed by atoms with Crippen molar-refractivity contribution in [3.63, 3.8) is 0 Å². The number of methoxy groups -OCH3 is 2. The number of amides is 2. The zero-order chi connectivity index (χ0) is 20.0. The van der Waals surface area contributed by atoms with E-state index in [2.05, 4.69) is 10.6 Å². The molecular formula is C20H24N2O5. The summed E-state index contributed by atoms with van der Waals surface area (Å²) >= 11 is 0. The highest BCUT2D eigenvalue weighted by atomic mass is 16.6. The van der Waals surface area contributed by atoms with Crippen LogP contribution in [0.4, 0.5) is 16.2 Å². The highest BCUT2D eigenvalue weighted by Gasteiger charge is 2.17. The highest BCUT2D eigenvalue weighted by Crippen LogP contribution is 2.29. The molecule has 2 rings (SSSR count). The molecule has 2 N–H and O–H groups in total. The van der Waals surface area contributed by atoms with Gasteiger partial charge >= 0.3 is 6.09 Å². The number of ether oxygens (including phenoxy) is 3. The van der Waals surface area contributed by atoms with Crippen molar-refractivity contribution in [3.8, 4) is 11.5 Å². The van der Waals surface area contributed by atoms with E-state index < -0.39 is 11.7 Å². The predicted molar refractivity (Wildman–Crippen MR) is 104 cm³/mol. The molecule has 0 radical (unpaired) electrons. The molecule has 0 aliphatic heterocycles. The van der Waals surface area contributed by atoms with Gasteiger partial charge in [0, 0.05) is 17.3 Å². The first kappa shape index (κ1) is 20.1. The lowest BCUT2D eigenvalue weighted by molar-refractivity contribution is 0.0635. The first-order valence-electron chi connectivity index (χ1n) is 8.35. The van der Waals surface area contributed by atoms with Gasteiger partial charge in [0.1, 0.15) is 17.1 Å². The Hall–Kier alpha value is -3.22. The van der Waals surface area contributed by atoms with E-state index in [1.807, 2.05) is 0 Å². The molecule has 0 aliphatic carbocycles. The predicted octanol–water partition coefficient (Wildman–Crippen LogP) is 4.30. The third kappa shape index (κ3) is 5.91. The molecule has 0 fully saturated rings. The van der Waals surface area contributed by atoms with Crippen molar-refractivity contribution >= 4 is 23.4 Å². The Kier molecular flexibility index (Phi) is 6.28. The van der Waals surface area contributed by atoms with Gasteiger partial charge in [-0.15, -0.1) is 0 Å². The van der Waals surface area contributed by atoms with Gasteiger partial charge in [-0.25, -0.2) is 4.79 Å². The van der Waals surface area contributed by atoms with Gasteiger partial charge in [0.2, 0.25) is 0 Å². The Morgan fingerprint density at radius 3 is 2.30 bits per heavy atom. The molecule has 0 unspecified atom stereocenters. The number of benzene rings is 2. The summed E-state index contributed by atoms with van der Waals surface area (Å²) in [4.78, 5) is 24.5. The minimum atomic E-state index is -0.609. The van der Waals surface area contributed by atoms with Crippen LogP contribution in [0.15, 0.2) is 42.5 Å². The Morgan fingerprint density at radius 2 is 1.67 bits per heavy atom.